The summed E-state index contributed by atoms with van der Waals surface area (Å²) in [4.78, 5) is 19.4. The molecule has 0 radical (unpaired) electrons. The molecular weight excluding hydrogens is 452 g/mol. The van der Waals surface area contributed by atoms with E-state index in [1.807, 2.05) is 6.07 Å². The lowest BCUT2D eigenvalue weighted by Gasteiger charge is -2.20. The maximum Gasteiger partial charge on any atom is 0.345 e. The first-order valence-corrected chi connectivity index (χ1v) is 10.9. The van der Waals surface area contributed by atoms with Gasteiger partial charge in [-0.3, -0.25) is 0 Å². The van der Waals surface area contributed by atoms with Gasteiger partial charge < -0.3 is 26.1 Å². The number of halogens is 1. The number of aromatic nitrogens is 3. The highest BCUT2D eigenvalue weighted by molar-refractivity contribution is 7.17. The predicted octanol–water partition coefficient (Wildman–Crippen LogP) is 3.55. The second-order valence-corrected chi connectivity index (χ2v) is 9.16. The van der Waals surface area contributed by atoms with Crippen LogP contribution in [0.5, 0.6) is 0 Å². The summed E-state index contributed by atoms with van der Waals surface area (Å²) in [6.07, 6.45) is 3.65. The van der Waals surface area contributed by atoms with Gasteiger partial charge in [-0.05, 0) is 49.2 Å². The fourth-order valence-corrected chi connectivity index (χ4v) is 5.09. The fraction of sp³-hybridized carbons (Fsp3) is 0.136. The van der Waals surface area contributed by atoms with E-state index in [4.69, 9.17) is 22.4 Å². The number of carbonyl (C=O) groups is 1. The molecule has 32 heavy (non-hydrogen) atoms. The van der Waals surface area contributed by atoms with Gasteiger partial charge in [0.25, 0.3) is 0 Å². The molecule has 1 atom stereocenters. The molecule has 0 bridgehead atoms. The van der Waals surface area contributed by atoms with Crippen LogP contribution in [0.4, 0.5) is 5.69 Å². The van der Waals surface area contributed by atoms with Crippen molar-refractivity contribution in [2.24, 2.45) is 0 Å². The lowest BCUT2D eigenvalue weighted by Crippen LogP contribution is -2.42. The van der Waals surface area contributed by atoms with E-state index < -0.39 is 11.6 Å². The summed E-state index contributed by atoms with van der Waals surface area (Å²) in [6.45, 7) is 0. The number of anilines is 1. The third kappa shape index (κ3) is 3.22. The van der Waals surface area contributed by atoms with E-state index in [1.165, 1.54) is 18.5 Å². The zero-order valence-corrected chi connectivity index (χ0v) is 18.1. The number of fused-ring (bicyclic) bond motifs is 1. The molecule has 4 aromatic rings. The van der Waals surface area contributed by atoms with Crippen molar-refractivity contribution in [1.29, 1.82) is 0 Å². The van der Waals surface area contributed by atoms with E-state index >= 15 is 0 Å². The third-order valence-corrected chi connectivity index (χ3v) is 6.98. The van der Waals surface area contributed by atoms with Gasteiger partial charge in [0.1, 0.15) is 10.7 Å². The Morgan fingerprint density at radius 3 is 2.88 bits per heavy atom. The Morgan fingerprint density at radius 1 is 1.31 bits per heavy atom. The molecular formula is C22H17ClN4O4S. The van der Waals surface area contributed by atoms with Gasteiger partial charge in [-0.25, -0.2) is 9.78 Å². The smallest absolute Gasteiger partial charge is 0.345 e. The lowest BCUT2D eigenvalue weighted by atomic mass is 9.98. The van der Waals surface area contributed by atoms with Crippen LogP contribution in [0.25, 0.3) is 21.7 Å². The number of nitrogens with one attached hydrogen (secondary N) is 1. The molecule has 0 amide bonds. The van der Waals surface area contributed by atoms with Gasteiger partial charge >= 0.3 is 5.97 Å². The zero-order chi connectivity index (χ0) is 22.6. The number of rotatable bonds is 4. The number of nitrogens with two attached hydrogens (primary N) is 1. The molecule has 8 nitrogen and oxygen atoms in total. The van der Waals surface area contributed by atoms with E-state index in [2.05, 4.69) is 9.97 Å². The summed E-state index contributed by atoms with van der Waals surface area (Å²) >= 11 is 7.19. The number of thiophene rings is 1. The minimum absolute atomic E-state index is 0.200. The average Bonchev–Trinajstić information content (AvgIpc) is 3.48. The van der Waals surface area contributed by atoms with Gasteiger partial charge in [-0.2, -0.15) is 4.73 Å². The van der Waals surface area contributed by atoms with Crippen LogP contribution in [0.2, 0.25) is 5.02 Å². The number of aryl methyl sites for hydroxylation is 1. The van der Waals surface area contributed by atoms with Gasteiger partial charge in [-0.1, -0.05) is 11.6 Å². The average molecular weight is 469 g/mol. The summed E-state index contributed by atoms with van der Waals surface area (Å²) in [6, 6.07) is 10.1. The minimum Gasteiger partial charge on any atom is -0.618 e. The molecule has 1 aromatic carbocycles. The predicted molar refractivity (Wildman–Crippen MR) is 120 cm³/mol. The molecule has 0 spiro atoms. The summed E-state index contributed by atoms with van der Waals surface area (Å²) < 4.78 is 0.661. The first kappa shape index (κ1) is 20.5. The van der Waals surface area contributed by atoms with Crippen LogP contribution in [0.3, 0.4) is 0 Å². The van der Waals surface area contributed by atoms with Crippen molar-refractivity contribution in [3.05, 3.63) is 81.0 Å². The number of pyridine rings is 1. The zero-order valence-electron chi connectivity index (χ0n) is 16.5. The van der Waals surface area contributed by atoms with Crippen LogP contribution in [-0.2, 0) is 12.0 Å². The number of hydrogen-bond donors (Lipinski definition) is 4. The van der Waals surface area contributed by atoms with E-state index in [0.29, 0.717) is 49.1 Å². The maximum absolute atomic E-state index is 13.0. The number of carboxylic acids is 1. The van der Waals surface area contributed by atoms with Crippen molar-refractivity contribution < 1.29 is 19.7 Å². The number of nitrogens with zero attached hydrogens (tertiary/aromatic N) is 2. The molecule has 5 N–H and O–H groups in total. The highest BCUT2D eigenvalue weighted by Gasteiger charge is 2.48. The lowest BCUT2D eigenvalue weighted by molar-refractivity contribution is -0.620. The summed E-state index contributed by atoms with van der Waals surface area (Å²) in [5, 5.41) is 34.1. The Hall–Kier alpha value is -3.40. The second kappa shape index (κ2) is 7.33. The maximum atomic E-state index is 13.0. The molecule has 3 heterocycles. The Morgan fingerprint density at radius 2 is 2.12 bits per heavy atom. The first-order chi connectivity index (χ1) is 15.3. The second-order valence-electron chi connectivity index (χ2n) is 7.63. The van der Waals surface area contributed by atoms with Crippen LogP contribution in [0, 0.1) is 5.21 Å². The van der Waals surface area contributed by atoms with Crippen molar-refractivity contribution in [3.63, 3.8) is 0 Å². The molecule has 1 unspecified atom stereocenters. The topological polar surface area (TPSA) is 139 Å². The van der Waals surface area contributed by atoms with Crippen molar-refractivity contribution in [2.75, 3.05) is 5.73 Å². The summed E-state index contributed by atoms with van der Waals surface area (Å²) in [5.74, 6) is -0.774. The Kier molecular flexibility index (Phi) is 4.70. The van der Waals surface area contributed by atoms with Crippen LogP contribution >= 0.6 is 22.9 Å². The van der Waals surface area contributed by atoms with E-state index in [1.54, 1.807) is 24.3 Å². The number of imidazole rings is 1. The summed E-state index contributed by atoms with van der Waals surface area (Å²) in [5.41, 5.74) is 7.70. The Labute approximate surface area is 191 Å². The number of aliphatic hydroxyl groups is 1. The van der Waals surface area contributed by atoms with E-state index in [-0.39, 0.29) is 22.8 Å². The Balaban J connectivity index is 1.54. The number of aromatic amines is 1. The third-order valence-electron chi connectivity index (χ3n) is 5.63. The fourth-order valence-electron chi connectivity index (χ4n) is 4.11. The minimum atomic E-state index is -1.60. The van der Waals surface area contributed by atoms with Crippen LogP contribution < -0.4 is 10.5 Å². The van der Waals surface area contributed by atoms with E-state index in [0.717, 1.165) is 11.3 Å². The Bertz CT molecular complexity index is 1380. The van der Waals surface area contributed by atoms with Crippen molar-refractivity contribution in [3.8, 4) is 21.7 Å². The SMILES string of the molecule is Nc1ccc(Cl)cc1-c1cc2c([n+]([O-])c1)C(O)(c1ncc(-c3ccc(C(=O)O)s3)[nH]1)CC2. The van der Waals surface area contributed by atoms with Crippen LogP contribution in [0.1, 0.15) is 33.2 Å². The van der Waals surface area contributed by atoms with Crippen LogP contribution in [0.15, 0.2) is 48.8 Å². The largest absolute Gasteiger partial charge is 0.618 e. The van der Waals surface area contributed by atoms with Gasteiger partial charge in [-0.15, -0.1) is 11.3 Å². The standard InChI is InChI=1S/C22H17ClN4O4S/c23-13-1-2-15(24)14(8-13)12-7-11-5-6-22(30,19(11)27(31)10-12)21-25-9-16(26-21)17-3-4-18(32-17)20(28)29/h1-4,7-10,30H,5-6,24H2,(H,25,26)(H,28,29). The van der Waals surface area contributed by atoms with Gasteiger partial charge in [0.2, 0.25) is 11.3 Å². The molecule has 1 aliphatic rings. The highest BCUT2D eigenvalue weighted by atomic mass is 35.5. The molecule has 162 valence electrons. The molecule has 0 aliphatic heterocycles. The highest BCUT2D eigenvalue weighted by Crippen LogP contribution is 2.41. The number of carboxylic acid groups (broad SMARTS) is 1. The van der Waals surface area contributed by atoms with E-state index in [9.17, 15) is 15.1 Å². The molecule has 0 fully saturated rings. The van der Waals surface area contributed by atoms with Gasteiger partial charge in [0.05, 0.1) is 16.8 Å². The number of benzene rings is 1. The molecule has 0 saturated heterocycles. The molecule has 10 heteroatoms. The molecule has 0 saturated carbocycles. The van der Waals surface area contributed by atoms with Crippen molar-refractivity contribution in [1.82, 2.24) is 9.97 Å². The summed E-state index contributed by atoms with van der Waals surface area (Å²) in [7, 11) is 0. The van der Waals surface area contributed by atoms with Gasteiger partial charge in [0.15, 0.2) is 6.20 Å². The quantitative estimate of drug-likeness (QED) is 0.205. The molecule has 3 aromatic heterocycles. The first-order valence-electron chi connectivity index (χ1n) is 9.69. The normalized spacial score (nSPS) is 17.4. The number of hydrogen-bond acceptors (Lipinski definition) is 6. The number of nitrogen functional groups attached to an aromatic ring is 1. The van der Waals surface area contributed by atoms with Gasteiger partial charge in [0, 0.05) is 27.4 Å². The van der Waals surface area contributed by atoms with Crippen molar-refractivity contribution >= 4 is 34.6 Å². The molecule has 5 rings (SSSR count). The number of aromatic carboxylic acids is 1. The number of H-pyrrole nitrogens is 1. The van der Waals surface area contributed by atoms with Crippen LogP contribution in [-0.4, -0.2) is 26.2 Å². The molecule has 1 aliphatic carbocycles. The monoisotopic (exact) mass is 468 g/mol. The van der Waals surface area contributed by atoms with Crippen molar-refractivity contribution in [2.45, 2.75) is 18.4 Å².